The molecular formula is C27H37N5. The summed E-state index contributed by atoms with van der Waals surface area (Å²) in [6.07, 6.45) is 8.12. The number of aromatic nitrogens is 3. The summed E-state index contributed by atoms with van der Waals surface area (Å²) in [6.45, 7) is 9.00. The number of benzene rings is 1. The second-order valence-electron chi connectivity index (χ2n) is 10.1. The van der Waals surface area contributed by atoms with E-state index in [1.54, 1.807) is 0 Å². The topological polar surface area (TPSA) is 37.2 Å². The zero-order valence-electron chi connectivity index (χ0n) is 19.9. The largest absolute Gasteiger partial charge is 0.327 e. The molecule has 0 spiro atoms. The second kappa shape index (κ2) is 9.32. The van der Waals surface area contributed by atoms with E-state index in [4.69, 9.17) is 9.97 Å². The lowest BCUT2D eigenvalue weighted by atomic mass is 9.91. The number of rotatable bonds is 6. The Labute approximate surface area is 192 Å². The molecule has 0 saturated carbocycles. The predicted octanol–water partition coefficient (Wildman–Crippen LogP) is 5.06. The summed E-state index contributed by atoms with van der Waals surface area (Å²) >= 11 is 0. The molecule has 32 heavy (non-hydrogen) atoms. The molecule has 5 heteroatoms. The van der Waals surface area contributed by atoms with E-state index in [1.165, 1.54) is 61.4 Å². The summed E-state index contributed by atoms with van der Waals surface area (Å²) in [5.74, 6) is 1.88. The standard InChI is InChI=1S/C27H37N5/c1-20(2)31-16-8-9-21(17-31)18-32-24-13-5-4-12-23(24)29-26(32)19-30(3)25-14-6-10-22-11-7-15-28-27(22)25/h4-5,7,11-13,15,20-21,25H,6,8-10,14,16-19H2,1-3H3/t21-,25+/m0/s1. The van der Waals surface area contributed by atoms with Gasteiger partial charge in [-0.2, -0.15) is 0 Å². The van der Waals surface area contributed by atoms with Gasteiger partial charge in [0.2, 0.25) is 0 Å². The molecular weight excluding hydrogens is 394 g/mol. The van der Waals surface area contributed by atoms with Crippen molar-refractivity contribution >= 4 is 11.0 Å². The molecule has 1 aromatic carbocycles. The molecule has 2 atom stereocenters. The van der Waals surface area contributed by atoms with Crippen LogP contribution in [0.5, 0.6) is 0 Å². The van der Waals surface area contributed by atoms with Crippen LogP contribution in [-0.4, -0.2) is 50.5 Å². The van der Waals surface area contributed by atoms with Crippen LogP contribution in [0.25, 0.3) is 11.0 Å². The Hall–Kier alpha value is -2.24. The van der Waals surface area contributed by atoms with Crippen LogP contribution in [-0.2, 0) is 19.5 Å². The van der Waals surface area contributed by atoms with Gasteiger partial charge in [0.05, 0.1) is 29.3 Å². The third-order valence-electron chi connectivity index (χ3n) is 7.54. The smallest absolute Gasteiger partial charge is 0.124 e. The number of imidazole rings is 1. The molecule has 3 aromatic rings. The minimum atomic E-state index is 0.374. The number of likely N-dealkylation sites (tertiary alicyclic amines) is 1. The summed E-state index contributed by atoms with van der Waals surface area (Å²) in [5.41, 5.74) is 5.08. The van der Waals surface area contributed by atoms with Crippen LogP contribution in [0.1, 0.15) is 62.7 Å². The van der Waals surface area contributed by atoms with Crippen LogP contribution in [0.3, 0.4) is 0 Å². The Kier molecular flexibility index (Phi) is 6.29. The lowest BCUT2D eigenvalue weighted by Crippen LogP contribution is -2.41. The lowest BCUT2D eigenvalue weighted by Gasteiger charge is -2.36. The van der Waals surface area contributed by atoms with Crippen LogP contribution < -0.4 is 0 Å². The fraction of sp³-hybridized carbons (Fsp3) is 0.556. The van der Waals surface area contributed by atoms with Crippen LogP contribution >= 0.6 is 0 Å². The number of piperidine rings is 1. The van der Waals surface area contributed by atoms with Gasteiger partial charge >= 0.3 is 0 Å². The van der Waals surface area contributed by atoms with Crippen molar-refractivity contribution in [3.8, 4) is 0 Å². The monoisotopic (exact) mass is 431 g/mol. The number of hydrogen-bond acceptors (Lipinski definition) is 4. The van der Waals surface area contributed by atoms with Crippen LogP contribution in [0.4, 0.5) is 0 Å². The molecule has 0 radical (unpaired) electrons. The fourth-order valence-corrected chi connectivity index (χ4v) is 5.77. The van der Waals surface area contributed by atoms with Crippen molar-refractivity contribution in [3.05, 3.63) is 59.7 Å². The number of pyridine rings is 1. The molecule has 1 aliphatic heterocycles. The van der Waals surface area contributed by atoms with Crippen molar-refractivity contribution in [3.63, 3.8) is 0 Å². The molecule has 0 unspecified atom stereocenters. The highest BCUT2D eigenvalue weighted by molar-refractivity contribution is 5.75. The lowest BCUT2D eigenvalue weighted by molar-refractivity contribution is 0.129. The SMILES string of the molecule is CC(C)N1CCC[C@H](Cn2c(CN(C)[C@@H]3CCCc4cccnc43)nc3ccccc32)C1. The van der Waals surface area contributed by atoms with Crippen molar-refractivity contribution in [2.45, 2.75) is 71.1 Å². The van der Waals surface area contributed by atoms with Crippen molar-refractivity contribution in [2.75, 3.05) is 20.1 Å². The Morgan fingerprint density at radius 3 is 2.84 bits per heavy atom. The van der Waals surface area contributed by atoms with E-state index in [0.717, 1.165) is 25.0 Å². The van der Waals surface area contributed by atoms with Gasteiger partial charge in [-0.1, -0.05) is 18.2 Å². The normalized spacial score (nSPS) is 22.0. The molecule has 2 aliphatic rings. The predicted molar refractivity (Wildman–Crippen MR) is 131 cm³/mol. The van der Waals surface area contributed by atoms with Gasteiger partial charge in [0.15, 0.2) is 0 Å². The maximum absolute atomic E-state index is 5.11. The van der Waals surface area contributed by atoms with Gasteiger partial charge in [0.25, 0.3) is 0 Å². The molecule has 2 aromatic heterocycles. The average molecular weight is 432 g/mol. The molecule has 1 saturated heterocycles. The number of para-hydroxylation sites is 2. The summed E-state index contributed by atoms with van der Waals surface area (Å²) in [5, 5.41) is 0. The van der Waals surface area contributed by atoms with Crippen LogP contribution in [0.2, 0.25) is 0 Å². The summed E-state index contributed by atoms with van der Waals surface area (Å²) < 4.78 is 2.52. The first kappa shape index (κ1) is 21.6. The Bertz CT molecular complexity index is 1060. The Morgan fingerprint density at radius 1 is 1.09 bits per heavy atom. The van der Waals surface area contributed by atoms with E-state index in [2.05, 4.69) is 71.7 Å². The zero-order valence-corrected chi connectivity index (χ0v) is 19.9. The molecule has 0 N–H and O–H groups in total. The van der Waals surface area contributed by atoms with Crippen molar-refractivity contribution < 1.29 is 0 Å². The summed E-state index contributed by atoms with van der Waals surface area (Å²) in [4.78, 5) is 15.0. The molecule has 5 nitrogen and oxygen atoms in total. The molecule has 5 rings (SSSR count). The number of nitrogens with zero attached hydrogens (tertiary/aromatic N) is 5. The molecule has 1 aliphatic carbocycles. The summed E-state index contributed by atoms with van der Waals surface area (Å²) in [7, 11) is 2.25. The quantitative estimate of drug-likeness (QED) is 0.547. The highest BCUT2D eigenvalue weighted by Gasteiger charge is 2.27. The van der Waals surface area contributed by atoms with E-state index in [1.807, 2.05) is 6.20 Å². The van der Waals surface area contributed by atoms with E-state index >= 15 is 0 Å². The van der Waals surface area contributed by atoms with Crippen molar-refractivity contribution in [1.29, 1.82) is 0 Å². The Morgan fingerprint density at radius 2 is 1.97 bits per heavy atom. The van der Waals surface area contributed by atoms with Crippen molar-refractivity contribution in [1.82, 2.24) is 24.3 Å². The van der Waals surface area contributed by atoms with E-state index in [9.17, 15) is 0 Å². The van der Waals surface area contributed by atoms with Gasteiger partial charge in [-0.15, -0.1) is 0 Å². The molecule has 1 fully saturated rings. The minimum Gasteiger partial charge on any atom is -0.327 e. The van der Waals surface area contributed by atoms with Crippen molar-refractivity contribution in [2.24, 2.45) is 5.92 Å². The second-order valence-corrected chi connectivity index (χ2v) is 10.1. The molecule has 3 heterocycles. The average Bonchev–Trinajstić information content (AvgIpc) is 3.15. The van der Waals surface area contributed by atoms with Gasteiger partial charge in [-0.25, -0.2) is 4.98 Å². The molecule has 0 amide bonds. The number of hydrogen-bond donors (Lipinski definition) is 0. The third-order valence-corrected chi connectivity index (χ3v) is 7.54. The van der Waals surface area contributed by atoms with Crippen LogP contribution in [0.15, 0.2) is 42.6 Å². The maximum atomic E-state index is 5.11. The highest BCUT2D eigenvalue weighted by atomic mass is 15.2. The van der Waals surface area contributed by atoms with Gasteiger partial charge in [0.1, 0.15) is 5.82 Å². The first-order valence-corrected chi connectivity index (χ1v) is 12.4. The van der Waals surface area contributed by atoms with E-state index < -0.39 is 0 Å². The fourth-order valence-electron chi connectivity index (χ4n) is 5.77. The highest BCUT2D eigenvalue weighted by Crippen LogP contribution is 2.33. The number of fused-ring (bicyclic) bond motifs is 2. The molecule has 0 bridgehead atoms. The summed E-state index contributed by atoms with van der Waals surface area (Å²) in [6, 6.07) is 14.0. The first-order chi connectivity index (χ1) is 15.6. The van der Waals surface area contributed by atoms with E-state index in [-0.39, 0.29) is 0 Å². The zero-order chi connectivity index (χ0) is 22.1. The molecule has 170 valence electrons. The van der Waals surface area contributed by atoms with Gasteiger partial charge < -0.3 is 9.47 Å². The van der Waals surface area contributed by atoms with Crippen LogP contribution in [0, 0.1) is 5.92 Å². The third kappa shape index (κ3) is 4.33. The Balaban J connectivity index is 1.41. The minimum absolute atomic E-state index is 0.374. The first-order valence-electron chi connectivity index (χ1n) is 12.4. The maximum Gasteiger partial charge on any atom is 0.124 e. The van der Waals surface area contributed by atoms with E-state index in [0.29, 0.717) is 18.0 Å². The van der Waals surface area contributed by atoms with Gasteiger partial charge in [-0.3, -0.25) is 9.88 Å². The van der Waals surface area contributed by atoms with Gasteiger partial charge in [0, 0.05) is 25.3 Å². The number of aryl methyl sites for hydroxylation is 1. The van der Waals surface area contributed by atoms with Gasteiger partial charge in [-0.05, 0) is 89.2 Å².